The summed E-state index contributed by atoms with van der Waals surface area (Å²) in [6, 6.07) is 12.1. The van der Waals surface area contributed by atoms with Crippen molar-refractivity contribution in [3.63, 3.8) is 0 Å². The van der Waals surface area contributed by atoms with Gasteiger partial charge in [0.15, 0.2) is 5.78 Å². The van der Waals surface area contributed by atoms with Crippen LogP contribution in [0.3, 0.4) is 0 Å². The number of hydrogen-bond acceptors (Lipinski definition) is 4. The number of hydrogen-bond donors (Lipinski definition) is 1. The van der Waals surface area contributed by atoms with Crippen LogP contribution in [0.1, 0.15) is 75.6 Å². The van der Waals surface area contributed by atoms with Crippen LogP contribution in [0.15, 0.2) is 36.4 Å². The average Bonchev–Trinajstić information content (AvgIpc) is 3.22. The van der Waals surface area contributed by atoms with Gasteiger partial charge in [-0.05, 0) is 75.8 Å². The van der Waals surface area contributed by atoms with Crippen molar-refractivity contribution in [2.75, 3.05) is 4.90 Å². The molecule has 2 saturated carbocycles. The molecule has 0 radical (unpaired) electrons. The molecule has 2 aliphatic carbocycles. The Kier molecular flexibility index (Phi) is 6.92. The van der Waals surface area contributed by atoms with Crippen molar-refractivity contribution in [2.24, 2.45) is 11.8 Å². The summed E-state index contributed by atoms with van der Waals surface area (Å²) in [6.45, 7) is 3.86. The van der Waals surface area contributed by atoms with Gasteiger partial charge >= 0.3 is 0 Å². The van der Waals surface area contributed by atoms with Gasteiger partial charge in [0.2, 0.25) is 5.91 Å². The zero-order valence-corrected chi connectivity index (χ0v) is 19.4. The topological polar surface area (TPSA) is 57.6 Å². The molecule has 2 fully saturated rings. The zero-order valence-electron chi connectivity index (χ0n) is 18.5. The van der Waals surface area contributed by atoms with E-state index < -0.39 is 0 Å². The molecule has 2 aromatic rings. The van der Waals surface area contributed by atoms with Crippen molar-refractivity contribution in [2.45, 2.75) is 77.4 Å². The summed E-state index contributed by atoms with van der Waals surface area (Å²) < 4.78 is 0. The van der Waals surface area contributed by atoms with E-state index in [1.54, 1.807) is 18.3 Å². The standard InChI is InChI=1S/C26H33NO3S/c1-17-8-10-20(11-9-17)25(30)27(21-12-14-22(29)15-13-21)26-23(18(2)28)16-24(31-26)19-6-4-3-5-7-19/h3-7,16-17,20-22,29H,8-15H2,1-2H3/t17-,20-,21?,22?. The predicted molar refractivity (Wildman–Crippen MR) is 127 cm³/mol. The Morgan fingerprint density at radius 2 is 1.61 bits per heavy atom. The molecule has 0 spiro atoms. The minimum Gasteiger partial charge on any atom is -0.393 e. The first-order valence-electron chi connectivity index (χ1n) is 11.7. The second-order valence-corrected chi connectivity index (χ2v) is 10.4. The van der Waals surface area contributed by atoms with Crippen LogP contribution >= 0.6 is 11.3 Å². The van der Waals surface area contributed by atoms with Gasteiger partial charge in [-0.2, -0.15) is 0 Å². The molecule has 1 amide bonds. The van der Waals surface area contributed by atoms with E-state index in [0.717, 1.165) is 54.0 Å². The molecule has 1 aromatic heterocycles. The van der Waals surface area contributed by atoms with Crippen molar-refractivity contribution >= 4 is 28.0 Å². The third kappa shape index (κ3) is 4.93. The molecule has 0 aliphatic heterocycles. The number of amides is 1. The highest BCUT2D eigenvalue weighted by molar-refractivity contribution is 7.20. The van der Waals surface area contributed by atoms with Gasteiger partial charge in [-0.1, -0.05) is 37.3 Å². The molecular weight excluding hydrogens is 406 g/mol. The van der Waals surface area contributed by atoms with Crippen LogP contribution in [0.25, 0.3) is 10.4 Å². The Balaban J connectivity index is 1.73. The van der Waals surface area contributed by atoms with E-state index in [-0.39, 0.29) is 29.8 Å². The summed E-state index contributed by atoms with van der Waals surface area (Å²) in [4.78, 5) is 29.5. The van der Waals surface area contributed by atoms with Gasteiger partial charge in [0.25, 0.3) is 0 Å². The van der Waals surface area contributed by atoms with Gasteiger partial charge in [-0.3, -0.25) is 14.5 Å². The van der Waals surface area contributed by atoms with Crippen LogP contribution in [0.5, 0.6) is 0 Å². The lowest BCUT2D eigenvalue weighted by Gasteiger charge is -2.38. The van der Waals surface area contributed by atoms with E-state index in [9.17, 15) is 14.7 Å². The summed E-state index contributed by atoms with van der Waals surface area (Å²) in [5, 5.41) is 10.8. The molecule has 0 saturated heterocycles. The lowest BCUT2D eigenvalue weighted by Crippen LogP contribution is -2.46. The normalized spacial score (nSPS) is 26.4. The molecule has 1 N–H and O–H groups in total. The number of aliphatic hydroxyl groups is 1. The molecule has 1 aromatic carbocycles. The number of aliphatic hydroxyl groups excluding tert-OH is 1. The Labute approximate surface area is 189 Å². The summed E-state index contributed by atoms with van der Waals surface area (Å²) >= 11 is 1.56. The third-order valence-electron chi connectivity index (χ3n) is 7.00. The van der Waals surface area contributed by atoms with E-state index in [0.29, 0.717) is 24.3 Å². The fourth-order valence-electron chi connectivity index (χ4n) is 5.02. The smallest absolute Gasteiger partial charge is 0.230 e. The van der Waals surface area contributed by atoms with Gasteiger partial charge in [0.05, 0.1) is 11.7 Å². The van der Waals surface area contributed by atoms with Crippen molar-refractivity contribution in [3.05, 3.63) is 42.0 Å². The van der Waals surface area contributed by atoms with Crippen molar-refractivity contribution in [3.8, 4) is 10.4 Å². The van der Waals surface area contributed by atoms with Crippen LogP contribution in [-0.2, 0) is 4.79 Å². The zero-order chi connectivity index (χ0) is 22.0. The van der Waals surface area contributed by atoms with Crippen LogP contribution in [0, 0.1) is 11.8 Å². The van der Waals surface area contributed by atoms with Crippen molar-refractivity contribution in [1.29, 1.82) is 0 Å². The second kappa shape index (κ2) is 9.66. The number of carbonyl (C=O) groups excluding carboxylic acids is 2. The number of anilines is 1. The monoisotopic (exact) mass is 439 g/mol. The quantitative estimate of drug-likeness (QED) is 0.574. The van der Waals surface area contributed by atoms with Gasteiger partial charge in [-0.15, -0.1) is 11.3 Å². The average molecular weight is 440 g/mol. The Bertz CT molecular complexity index is 906. The van der Waals surface area contributed by atoms with Crippen molar-refractivity contribution < 1.29 is 14.7 Å². The maximum Gasteiger partial charge on any atom is 0.230 e. The molecule has 0 atom stereocenters. The number of ketones is 1. The number of nitrogens with zero attached hydrogens (tertiary/aromatic N) is 1. The fraction of sp³-hybridized carbons (Fsp3) is 0.538. The van der Waals surface area contributed by atoms with Crippen LogP contribution in [-0.4, -0.2) is 28.9 Å². The minimum absolute atomic E-state index is 0.000610. The maximum absolute atomic E-state index is 13.9. The lowest BCUT2D eigenvalue weighted by molar-refractivity contribution is -0.124. The number of Topliss-reactive ketones (excluding diaryl/α,β-unsaturated/α-hetero) is 1. The van der Waals surface area contributed by atoms with Crippen LogP contribution < -0.4 is 4.90 Å². The molecule has 4 nitrogen and oxygen atoms in total. The lowest BCUT2D eigenvalue weighted by atomic mass is 9.81. The number of carbonyl (C=O) groups is 2. The van der Waals surface area contributed by atoms with E-state index in [1.807, 2.05) is 41.3 Å². The van der Waals surface area contributed by atoms with Crippen LogP contribution in [0.2, 0.25) is 0 Å². The van der Waals surface area contributed by atoms with Gasteiger partial charge in [-0.25, -0.2) is 0 Å². The molecule has 1 heterocycles. The molecule has 0 bridgehead atoms. The Hall–Kier alpha value is -1.98. The first-order valence-corrected chi connectivity index (χ1v) is 12.5. The third-order valence-corrected chi connectivity index (χ3v) is 8.19. The van der Waals surface area contributed by atoms with E-state index >= 15 is 0 Å². The maximum atomic E-state index is 13.9. The number of rotatable bonds is 5. The molecular formula is C26H33NO3S. The summed E-state index contributed by atoms with van der Waals surface area (Å²) in [5.74, 6) is 0.892. The highest BCUT2D eigenvalue weighted by Gasteiger charge is 2.37. The minimum atomic E-state index is -0.278. The molecule has 2 aliphatic rings. The molecule has 5 heteroatoms. The second-order valence-electron chi connectivity index (χ2n) is 9.38. The highest BCUT2D eigenvalue weighted by Crippen LogP contribution is 2.42. The molecule has 4 rings (SSSR count). The number of thiophene rings is 1. The first kappa shape index (κ1) is 22.2. The summed E-state index contributed by atoms with van der Waals surface area (Å²) in [5.41, 5.74) is 1.71. The summed E-state index contributed by atoms with van der Waals surface area (Å²) in [7, 11) is 0. The SMILES string of the molecule is CC(=O)c1cc(-c2ccccc2)sc1N(C(=O)[C@H]1CC[C@H](C)CC1)C1CCC(O)CC1. The fourth-order valence-corrected chi connectivity index (χ4v) is 6.31. The van der Waals surface area contributed by atoms with Crippen LogP contribution in [0.4, 0.5) is 5.00 Å². The first-order chi connectivity index (χ1) is 14.9. The van der Waals surface area contributed by atoms with E-state index in [4.69, 9.17) is 0 Å². The van der Waals surface area contributed by atoms with E-state index in [1.165, 1.54) is 0 Å². The van der Waals surface area contributed by atoms with Crippen molar-refractivity contribution in [1.82, 2.24) is 0 Å². The molecule has 166 valence electrons. The Morgan fingerprint density at radius 1 is 0.968 bits per heavy atom. The highest BCUT2D eigenvalue weighted by atomic mass is 32.1. The molecule has 31 heavy (non-hydrogen) atoms. The van der Waals surface area contributed by atoms with Gasteiger partial charge in [0, 0.05) is 16.8 Å². The summed E-state index contributed by atoms with van der Waals surface area (Å²) in [6.07, 6.45) is 6.75. The van der Waals surface area contributed by atoms with E-state index in [2.05, 4.69) is 6.92 Å². The number of benzene rings is 1. The van der Waals surface area contributed by atoms with Gasteiger partial charge in [0.1, 0.15) is 5.00 Å². The molecule has 0 unspecified atom stereocenters. The predicted octanol–water partition coefficient (Wildman–Crippen LogP) is 6.08. The largest absolute Gasteiger partial charge is 0.393 e. The Morgan fingerprint density at radius 3 is 2.23 bits per heavy atom. The van der Waals surface area contributed by atoms with Gasteiger partial charge < -0.3 is 5.11 Å².